The number of imidazole rings is 1. The first kappa shape index (κ1) is 14.2. The van der Waals surface area contributed by atoms with E-state index in [2.05, 4.69) is 27.0 Å². The van der Waals surface area contributed by atoms with Gasteiger partial charge in [-0.2, -0.15) is 5.10 Å². The van der Waals surface area contributed by atoms with Crippen LogP contribution in [0.25, 0.3) is 16.9 Å². The summed E-state index contributed by atoms with van der Waals surface area (Å²) in [4.78, 5) is 32.3. The lowest BCUT2D eigenvalue weighted by atomic mass is 10.1. The van der Waals surface area contributed by atoms with Gasteiger partial charge >= 0.3 is 5.69 Å². The van der Waals surface area contributed by atoms with Crippen LogP contribution in [0.5, 0.6) is 0 Å². The van der Waals surface area contributed by atoms with Crippen molar-refractivity contribution in [2.45, 2.75) is 25.7 Å². The summed E-state index contributed by atoms with van der Waals surface area (Å²) in [5, 5.41) is 4.78. The maximum atomic E-state index is 12.0. The maximum absolute atomic E-state index is 12.0. The number of aromatic nitrogens is 5. The lowest BCUT2D eigenvalue weighted by Crippen LogP contribution is -2.23. The minimum Gasteiger partial charge on any atom is -0.313 e. The average Bonchev–Trinajstić information content (AvgIpc) is 3.23. The van der Waals surface area contributed by atoms with E-state index in [1.54, 1.807) is 10.7 Å². The summed E-state index contributed by atoms with van der Waals surface area (Å²) in [6.45, 7) is 2.16. The standard InChI is InChI=1S/C15H14ClN5O2/c1-2-7-3-8(7)9-4-11(10-5-18-15(23)19-14(10)22)20-21-12(16)6-17-13(9)21/h4-8H,2-3H2,1H3,(H2,18,19,22,23)/t7-,8-/m0/s1. The monoisotopic (exact) mass is 331 g/mol. The van der Waals surface area contributed by atoms with Crippen molar-refractivity contribution in [1.29, 1.82) is 0 Å². The SMILES string of the molecule is CC[C@H]1C[C@@H]1c1cc(-c2c[nH]c(=O)[nH]c2=O)nn2c(Cl)cnc12. The van der Waals surface area contributed by atoms with Gasteiger partial charge in [0.15, 0.2) is 10.8 Å². The first-order valence-corrected chi connectivity index (χ1v) is 7.83. The van der Waals surface area contributed by atoms with Crippen molar-refractivity contribution < 1.29 is 0 Å². The number of nitrogens with zero attached hydrogens (tertiary/aromatic N) is 3. The second-order valence-corrected chi connectivity index (χ2v) is 6.18. The number of H-pyrrole nitrogens is 2. The molecule has 3 aromatic heterocycles. The van der Waals surface area contributed by atoms with E-state index in [4.69, 9.17) is 11.6 Å². The van der Waals surface area contributed by atoms with Crippen LogP contribution in [0.2, 0.25) is 5.15 Å². The van der Waals surface area contributed by atoms with Gasteiger partial charge in [-0.15, -0.1) is 0 Å². The Morgan fingerprint density at radius 2 is 2.26 bits per heavy atom. The molecule has 0 bridgehead atoms. The van der Waals surface area contributed by atoms with E-state index in [1.165, 1.54) is 6.20 Å². The molecule has 0 saturated heterocycles. The van der Waals surface area contributed by atoms with Gasteiger partial charge in [0.1, 0.15) is 0 Å². The summed E-state index contributed by atoms with van der Waals surface area (Å²) in [6.07, 6.45) is 5.12. The fourth-order valence-corrected chi connectivity index (χ4v) is 3.22. The molecule has 1 saturated carbocycles. The molecule has 23 heavy (non-hydrogen) atoms. The lowest BCUT2D eigenvalue weighted by molar-refractivity contribution is 0.763. The third-order valence-electron chi connectivity index (χ3n) is 4.40. The predicted octanol–water partition coefficient (Wildman–Crippen LogP) is 1.94. The van der Waals surface area contributed by atoms with E-state index < -0.39 is 11.2 Å². The summed E-state index contributed by atoms with van der Waals surface area (Å²) >= 11 is 6.16. The maximum Gasteiger partial charge on any atom is 0.325 e. The van der Waals surface area contributed by atoms with Gasteiger partial charge in [0.2, 0.25) is 0 Å². The molecule has 2 N–H and O–H groups in total. The Balaban J connectivity index is 1.95. The number of hydrogen-bond donors (Lipinski definition) is 2. The Bertz CT molecular complexity index is 1020. The number of hydrogen-bond acceptors (Lipinski definition) is 4. The molecule has 118 valence electrons. The second-order valence-electron chi connectivity index (χ2n) is 5.80. The Kier molecular flexibility index (Phi) is 3.12. The molecular weight excluding hydrogens is 318 g/mol. The van der Waals surface area contributed by atoms with Gasteiger partial charge in [-0.3, -0.25) is 9.78 Å². The molecule has 3 heterocycles. The van der Waals surface area contributed by atoms with E-state index in [1.807, 2.05) is 6.07 Å². The van der Waals surface area contributed by atoms with Crippen LogP contribution >= 0.6 is 11.6 Å². The van der Waals surface area contributed by atoms with Crippen LogP contribution in [0.15, 0.2) is 28.0 Å². The van der Waals surface area contributed by atoms with Crippen LogP contribution in [0, 0.1) is 5.92 Å². The molecular formula is C15H14ClN5O2. The second kappa shape index (κ2) is 5.06. The summed E-state index contributed by atoms with van der Waals surface area (Å²) in [6, 6.07) is 1.88. The Morgan fingerprint density at radius 3 is 2.96 bits per heavy atom. The molecule has 0 spiro atoms. The zero-order valence-corrected chi connectivity index (χ0v) is 13.1. The van der Waals surface area contributed by atoms with Gasteiger partial charge < -0.3 is 4.98 Å². The van der Waals surface area contributed by atoms with Crippen LogP contribution < -0.4 is 11.2 Å². The molecule has 1 aliphatic carbocycles. The highest BCUT2D eigenvalue weighted by Gasteiger charge is 2.38. The molecule has 3 aromatic rings. The summed E-state index contributed by atoms with van der Waals surface area (Å²) in [5.41, 5.74) is 1.50. The zero-order valence-electron chi connectivity index (χ0n) is 12.3. The van der Waals surface area contributed by atoms with E-state index in [-0.39, 0.29) is 0 Å². The van der Waals surface area contributed by atoms with Crippen molar-refractivity contribution in [2.75, 3.05) is 0 Å². The fraction of sp³-hybridized carbons (Fsp3) is 0.333. The molecule has 8 heteroatoms. The molecule has 2 atom stereocenters. The summed E-state index contributed by atoms with van der Waals surface area (Å²) < 4.78 is 1.54. The molecule has 1 fully saturated rings. The third-order valence-corrected chi connectivity index (χ3v) is 4.65. The van der Waals surface area contributed by atoms with Gasteiger partial charge in [0.05, 0.1) is 17.5 Å². The number of fused-ring (bicyclic) bond motifs is 1. The zero-order chi connectivity index (χ0) is 16.1. The normalized spacial score (nSPS) is 20.1. The summed E-state index contributed by atoms with van der Waals surface area (Å²) in [5.74, 6) is 1.03. The summed E-state index contributed by atoms with van der Waals surface area (Å²) in [7, 11) is 0. The van der Waals surface area contributed by atoms with Crippen LogP contribution in [0.3, 0.4) is 0 Å². The van der Waals surface area contributed by atoms with Crippen molar-refractivity contribution >= 4 is 17.2 Å². The van der Waals surface area contributed by atoms with E-state index >= 15 is 0 Å². The smallest absolute Gasteiger partial charge is 0.313 e. The number of nitrogens with one attached hydrogen (secondary N) is 2. The van der Waals surface area contributed by atoms with E-state index in [9.17, 15) is 9.59 Å². The van der Waals surface area contributed by atoms with Crippen LogP contribution in [0.4, 0.5) is 0 Å². The van der Waals surface area contributed by atoms with Crippen LogP contribution in [0.1, 0.15) is 31.2 Å². The predicted molar refractivity (Wildman–Crippen MR) is 85.8 cm³/mol. The highest BCUT2D eigenvalue weighted by molar-refractivity contribution is 6.29. The Labute approximate surface area is 135 Å². The largest absolute Gasteiger partial charge is 0.325 e. The molecule has 4 rings (SSSR count). The highest BCUT2D eigenvalue weighted by atomic mass is 35.5. The van der Waals surface area contributed by atoms with Crippen molar-refractivity contribution in [2.24, 2.45) is 5.92 Å². The number of aromatic amines is 2. The topological polar surface area (TPSA) is 95.9 Å². The van der Waals surface area contributed by atoms with Crippen molar-refractivity contribution in [3.05, 3.63) is 50.0 Å². The minimum absolute atomic E-state index is 0.297. The van der Waals surface area contributed by atoms with Crippen molar-refractivity contribution in [1.82, 2.24) is 24.6 Å². The third kappa shape index (κ3) is 2.28. The molecule has 0 aliphatic heterocycles. The molecule has 0 radical (unpaired) electrons. The molecule has 0 amide bonds. The highest BCUT2D eigenvalue weighted by Crippen LogP contribution is 2.50. The van der Waals surface area contributed by atoms with Gasteiger partial charge in [0, 0.05) is 11.8 Å². The first-order chi connectivity index (χ1) is 11.1. The first-order valence-electron chi connectivity index (χ1n) is 7.45. The van der Waals surface area contributed by atoms with E-state index in [0.29, 0.717) is 28.2 Å². The minimum atomic E-state index is -0.547. The van der Waals surface area contributed by atoms with Gasteiger partial charge in [0.25, 0.3) is 5.56 Å². The Morgan fingerprint density at radius 1 is 1.43 bits per heavy atom. The van der Waals surface area contributed by atoms with Gasteiger partial charge in [-0.05, 0) is 24.3 Å². The average molecular weight is 332 g/mol. The quantitative estimate of drug-likeness (QED) is 0.766. The van der Waals surface area contributed by atoms with Crippen molar-refractivity contribution in [3.63, 3.8) is 0 Å². The van der Waals surface area contributed by atoms with Gasteiger partial charge in [-0.25, -0.2) is 14.3 Å². The number of rotatable bonds is 3. The van der Waals surface area contributed by atoms with Crippen LogP contribution in [-0.2, 0) is 0 Å². The molecule has 7 nitrogen and oxygen atoms in total. The number of halogens is 1. The molecule has 1 aliphatic rings. The Hall–Kier alpha value is -2.41. The fourth-order valence-electron chi connectivity index (χ4n) is 3.05. The van der Waals surface area contributed by atoms with Crippen LogP contribution in [-0.4, -0.2) is 24.6 Å². The van der Waals surface area contributed by atoms with Crippen molar-refractivity contribution in [3.8, 4) is 11.3 Å². The lowest BCUT2D eigenvalue weighted by Gasteiger charge is -2.07. The van der Waals surface area contributed by atoms with E-state index in [0.717, 1.165) is 24.1 Å². The van der Waals surface area contributed by atoms with Gasteiger partial charge in [-0.1, -0.05) is 24.9 Å². The molecule has 0 unspecified atom stereocenters. The molecule has 0 aromatic carbocycles.